The standard InChI is InChI=1S/C21H22N4O3/c1-28-17-8-6-15(7-9-17)12-21(27)24-23-13-16-14-25(11-10-20(22)26)19-5-3-2-4-18(16)19/h2-9,13-14H,10-12H2,1H3,(H2,22,26)(H,24,27). The van der Waals surface area contributed by atoms with Crippen LogP contribution in [0.1, 0.15) is 17.5 Å². The molecule has 0 aliphatic heterocycles. The third-order valence-electron chi connectivity index (χ3n) is 4.34. The highest BCUT2D eigenvalue weighted by molar-refractivity contribution is 5.99. The Morgan fingerprint density at radius 3 is 2.64 bits per heavy atom. The van der Waals surface area contributed by atoms with Gasteiger partial charge in [0.05, 0.1) is 19.7 Å². The fourth-order valence-corrected chi connectivity index (χ4v) is 2.94. The van der Waals surface area contributed by atoms with Crippen LogP contribution in [0.4, 0.5) is 0 Å². The maximum absolute atomic E-state index is 12.1. The number of para-hydroxylation sites is 1. The number of ether oxygens (including phenoxy) is 1. The van der Waals surface area contributed by atoms with E-state index in [9.17, 15) is 9.59 Å². The number of nitrogens with two attached hydrogens (primary N) is 1. The molecular formula is C21H22N4O3. The lowest BCUT2D eigenvalue weighted by Gasteiger charge is -2.02. The summed E-state index contributed by atoms with van der Waals surface area (Å²) in [6.45, 7) is 0.494. The number of hydrogen-bond acceptors (Lipinski definition) is 4. The van der Waals surface area contributed by atoms with E-state index in [0.717, 1.165) is 27.8 Å². The van der Waals surface area contributed by atoms with Gasteiger partial charge in [0.25, 0.3) is 0 Å². The van der Waals surface area contributed by atoms with Gasteiger partial charge in [0.2, 0.25) is 11.8 Å². The Kier molecular flexibility index (Phi) is 6.06. The van der Waals surface area contributed by atoms with E-state index in [1.165, 1.54) is 0 Å². The van der Waals surface area contributed by atoms with Gasteiger partial charge in [-0.2, -0.15) is 5.10 Å². The highest BCUT2D eigenvalue weighted by Gasteiger charge is 2.08. The molecule has 3 N–H and O–H groups in total. The second-order valence-corrected chi connectivity index (χ2v) is 6.33. The van der Waals surface area contributed by atoms with Crippen LogP contribution in [-0.2, 0) is 22.6 Å². The molecule has 0 radical (unpaired) electrons. The summed E-state index contributed by atoms with van der Waals surface area (Å²) in [5.74, 6) is 0.188. The van der Waals surface area contributed by atoms with Gasteiger partial charge in [-0.3, -0.25) is 9.59 Å². The number of carbonyl (C=O) groups is 2. The maximum Gasteiger partial charge on any atom is 0.244 e. The van der Waals surface area contributed by atoms with Crippen LogP contribution in [0.5, 0.6) is 5.75 Å². The van der Waals surface area contributed by atoms with Gasteiger partial charge in [-0.25, -0.2) is 5.43 Å². The van der Waals surface area contributed by atoms with Crippen molar-refractivity contribution in [1.29, 1.82) is 0 Å². The molecule has 0 spiro atoms. The minimum atomic E-state index is -0.348. The van der Waals surface area contributed by atoms with Gasteiger partial charge >= 0.3 is 0 Å². The summed E-state index contributed by atoms with van der Waals surface area (Å²) >= 11 is 0. The van der Waals surface area contributed by atoms with Crippen LogP contribution < -0.4 is 15.9 Å². The Bertz CT molecular complexity index is 1010. The number of benzene rings is 2. The summed E-state index contributed by atoms with van der Waals surface area (Å²) < 4.78 is 7.06. The second kappa shape index (κ2) is 8.85. The lowest BCUT2D eigenvalue weighted by atomic mass is 10.1. The summed E-state index contributed by atoms with van der Waals surface area (Å²) in [7, 11) is 1.60. The van der Waals surface area contributed by atoms with Gasteiger partial charge in [-0.05, 0) is 23.8 Å². The van der Waals surface area contributed by atoms with Crippen molar-refractivity contribution < 1.29 is 14.3 Å². The van der Waals surface area contributed by atoms with Crippen LogP contribution in [0.3, 0.4) is 0 Å². The zero-order chi connectivity index (χ0) is 19.9. The van der Waals surface area contributed by atoms with Gasteiger partial charge < -0.3 is 15.0 Å². The molecule has 3 rings (SSSR count). The number of aryl methyl sites for hydroxylation is 1. The molecule has 2 amide bonds. The largest absolute Gasteiger partial charge is 0.497 e. The molecule has 1 heterocycles. The van der Waals surface area contributed by atoms with E-state index in [1.807, 2.05) is 59.3 Å². The first-order valence-electron chi connectivity index (χ1n) is 8.88. The van der Waals surface area contributed by atoms with E-state index in [1.54, 1.807) is 13.3 Å². The van der Waals surface area contributed by atoms with Crippen LogP contribution in [0.25, 0.3) is 10.9 Å². The van der Waals surface area contributed by atoms with Gasteiger partial charge in [0.1, 0.15) is 5.75 Å². The second-order valence-electron chi connectivity index (χ2n) is 6.33. The summed E-state index contributed by atoms with van der Waals surface area (Å²) in [6.07, 6.45) is 3.98. The van der Waals surface area contributed by atoms with E-state index in [-0.39, 0.29) is 24.7 Å². The maximum atomic E-state index is 12.1. The van der Waals surface area contributed by atoms with E-state index in [2.05, 4.69) is 10.5 Å². The lowest BCUT2D eigenvalue weighted by molar-refractivity contribution is -0.120. The van der Waals surface area contributed by atoms with Crippen molar-refractivity contribution in [3.8, 4) is 5.75 Å². The highest BCUT2D eigenvalue weighted by Crippen LogP contribution is 2.20. The molecule has 28 heavy (non-hydrogen) atoms. The van der Waals surface area contributed by atoms with Crippen molar-refractivity contribution in [2.24, 2.45) is 10.8 Å². The van der Waals surface area contributed by atoms with Gasteiger partial charge in [0, 0.05) is 35.6 Å². The summed E-state index contributed by atoms with van der Waals surface area (Å²) in [5.41, 5.74) is 10.5. The molecule has 0 aliphatic rings. The first-order valence-corrected chi connectivity index (χ1v) is 8.88. The number of rotatable bonds is 8. The molecular weight excluding hydrogens is 356 g/mol. The number of amides is 2. The van der Waals surface area contributed by atoms with E-state index < -0.39 is 0 Å². The number of hydrazone groups is 1. The Labute approximate surface area is 162 Å². The van der Waals surface area contributed by atoms with Crippen LogP contribution >= 0.6 is 0 Å². The molecule has 0 saturated carbocycles. The SMILES string of the molecule is COc1ccc(CC(=O)NN=Cc2cn(CCC(N)=O)c3ccccc23)cc1. The molecule has 0 aliphatic carbocycles. The molecule has 0 bridgehead atoms. The minimum absolute atomic E-state index is 0.209. The van der Waals surface area contributed by atoms with Crippen LogP contribution in [0, 0.1) is 0 Å². The Hall–Kier alpha value is -3.61. The van der Waals surface area contributed by atoms with Crippen LogP contribution in [0.15, 0.2) is 59.8 Å². The Morgan fingerprint density at radius 1 is 1.18 bits per heavy atom. The summed E-state index contributed by atoms with van der Waals surface area (Å²) in [6, 6.07) is 15.1. The number of primary amides is 1. The average molecular weight is 378 g/mol. The normalized spacial score (nSPS) is 11.0. The van der Waals surface area contributed by atoms with Crippen LogP contribution in [-0.4, -0.2) is 29.7 Å². The molecule has 0 atom stereocenters. The van der Waals surface area contributed by atoms with Crippen molar-refractivity contribution in [2.75, 3.05) is 7.11 Å². The zero-order valence-corrected chi connectivity index (χ0v) is 15.6. The fourth-order valence-electron chi connectivity index (χ4n) is 2.94. The number of methoxy groups -OCH3 is 1. The molecule has 0 saturated heterocycles. The molecule has 0 unspecified atom stereocenters. The fraction of sp³-hybridized carbons (Fsp3) is 0.190. The molecule has 0 fully saturated rings. The summed E-state index contributed by atoms with van der Waals surface area (Å²) in [5, 5.41) is 5.06. The molecule has 7 heteroatoms. The number of nitrogens with zero attached hydrogens (tertiary/aromatic N) is 2. The third kappa shape index (κ3) is 4.76. The molecule has 7 nitrogen and oxygen atoms in total. The van der Waals surface area contributed by atoms with Gasteiger partial charge in [-0.1, -0.05) is 30.3 Å². The zero-order valence-electron chi connectivity index (χ0n) is 15.6. The van der Waals surface area contributed by atoms with Crippen molar-refractivity contribution in [2.45, 2.75) is 19.4 Å². The lowest BCUT2D eigenvalue weighted by Crippen LogP contribution is -2.19. The molecule has 144 valence electrons. The van der Waals surface area contributed by atoms with Crippen molar-refractivity contribution in [1.82, 2.24) is 9.99 Å². The summed E-state index contributed by atoms with van der Waals surface area (Å²) in [4.78, 5) is 23.2. The predicted octanol–water partition coefficient (Wildman–Crippen LogP) is 2.22. The average Bonchev–Trinajstić information content (AvgIpc) is 3.05. The minimum Gasteiger partial charge on any atom is -0.497 e. The number of fused-ring (bicyclic) bond motifs is 1. The Balaban J connectivity index is 1.67. The highest BCUT2D eigenvalue weighted by atomic mass is 16.5. The van der Waals surface area contributed by atoms with Crippen molar-refractivity contribution in [3.05, 3.63) is 65.9 Å². The first-order chi connectivity index (χ1) is 13.6. The number of carbonyl (C=O) groups excluding carboxylic acids is 2. The molecule has 2 aromatic carbocycles. The van der Waals surface area contributed by atoms with Gasteiger partial charge in [-0.15, -0.1) is 0 Å². The van der Waals surface area contributed by atoms with E-state index in [0.29, 0.717) is 6.54 Å². The van der Waals surface area contributed by atoms with Crippen LogP contribution in [0.2, 0.25) is 0 Å². The van der Waals surface area contributed by atoms with E-state index >= 15 is 0 Å². The molecule has 1 aromatic heterocycles. The first kappa shape index (κ1) is 19.2. The monoisotopic (exact) mass is 378 g/mol. The van der Waals surface area contributed by atoms with Crippen molar-refractivity contribution in [3.63, 3.8) is 0 Å². The third-order valence-corrected chi connectivity index (χ3v) is 4.34. The van der Waals surface area contributed by atoms with Crippen molar-refractivity contribution >= 4 is 28.9 Å². The van der Waals surface area contributed by atoms with Gasteiger partial charge in [0.15, 0.2) is 0 Å². The molecule has 3 aromatic rings. The quantitative estimate of drug-likeness (QED) is 0.464. The number of hydrogen-bond donors (Lipinski definition) is 2. The van der Waals surface area contributed by atoms with E-state index in [4.69, 9.17) is 10.5 Å². The topological polar surface area (TPSA) is 98.7 Å². The number of aromatic nitrogens is 1. The smallest absolute Gasteiger partial charge is 0.244 e. The predicted molar refractivity (Wildman–Crippen MR) is 108 cm³/mol. The number of nitrogens with one attached hydrogen (secondary N) is 1. The Morgan fingerprint density at radius 2 is 1.93 bits per heavy atom.